The number of carbonyl (C=O) groups excluding carboxylic acids is 1. The van der Waals surface area contributed by atoms with Gasteiger partial charge in [0.25, 0.3) is 0 Å². The highest BCUT2D eigenvalue weighted by Gasteiger charge is 2.61. The highest BCUT2D eigenvalue weighted by Crippen LogP contribution is 2.63. The van der Waals surface area contributed by atoms with E-state index in [-0.39, 0.29) is 16.6 Å². The molecule has 0 bridgehead atoms. The molecule has 2 atom stereocenters. The second kappa shape index (κ2) is 3.55. The minimum atomic E-state index is -0.845. The van der Waals surface area contributed by atoms with Gasteiger partial charge in [0.05, 0.1) is 5.60 Å². The summed E-state index contributed by atoms with van der Waals surface area (Å²) in [6.07, 6.45) is 6.41. The molecule has 1 saturated carbocycles. The monoisotopic (exact) mass is 234 g/mol. The van der Waals surface area contributed by atoms with Gasteiger partial charge in [0.2, 0.25) is 0 Å². The molecule has 2 aliphatic rings. The molecular weight excluding hydrogens is 212 g/mol. The zero-order valence-corrected chi connectivity index (χ0v) is 11.0. The average molecular weight is 234 g/mol. The first-order valence-corrected chi connectivity index (χ1v) is 6.34. The molecule has 0 unspecified atom stereocenters. The number of aliphatic hydroxyl groups is 1. The van der Waals surface area contributed by atoms with E-state index in [1.165, 1.54) is 0 Å². The summed E-state index contributed by atoms with van der Waals surface area (Å²) in [6.45, 7) is 10.0. The van der Waals surface area contributed by atoms with Crippen molar-refractivity contribution in [3.63, 3.8) is 0 Å². The van der Waals surface area contributed by atoms with Gasteiger partial charge >= 0.3 is 0 Å². The van der Waals surface area contributed by atoms with Crippen LogP contribution in [0.5, 0.6) is 0 Å². The molecule has 0 aliphatic heterocycles. The van der Waals surface area contributed by atoms with E-state index < -0.39 is 5.60 Å². The fourth-order valence-electron chi connectivity index (χ4n) is 3.91. The molecule has 1 fully saturated rings. The SMILES string of the molecule is C=CCC[C@]1(O)C2=CC(=O)C[C@@]2(C)CC1(C)C. The van der Waals surface area contributed by atoms with Crippen LogP contribution in [-0.2, 0) is 4.79 Å². The number of hydrogen-bond donors (Lipinski definition) is 1. The Hall–Kier alpha value is -0.890. The maximum absolute atomic E-state index is 11.6. The highest BCUT2D eigenvalue weighted by molar-refractivity contribution is 5.95. The van der Waals surface area contributed by atoms with E-state index >= 15 is 0 Å². The first kappa shape index (κ1) is 12.6. The molecule has 0 saturated heterocycles. The summed E-state index contributed by atoms with van der Waals surface area (Å²) in [7, 11) is 0. The summed E-state index contributed by atoms with van der Waals surface area (Å²) in [5, 5.41) is 11.0. The summed E-state index contributed by atoms with van der Waals surface area (Å²) < 4.78 is 0. The zero-order valence-electron chi connectivity index (χ0n) is 11.0. The number of rotatable bonds is 3. The predicted octanol–water partition coefficient (Wildman–Crippen LogP) is 3.02. The molecular formula is C15H22O2. The molecule has 0 aromatic heterocycles. The lowest BCUT2D eigenvalue weighted by molar-refractivity contribution is -0.115. The number of allylic oxidation sites excluding steroid dienone is 2. The molecule has 2 heteroatoms. The number of hydrogen-bond acceptors (Lipinski definition) is 2. The van der Waals surface area contributed by atoms with Crippen LogP contribution >= 0.6 is 0 Å². The number of fused-ring (bicyclic) bond motifs is 1. The Kier molecular flexibility index (Phi) is 2.62. The Labute approximate surface area is 103 Å². The van der Waals surface area contributed by atoms with Crippen molar-refractivity contribution in [1.29, 1.82) is 0 Å². The summed E-state index contributed by atoms with van der Waals surface area (Å²) in [4.78, 5) is 11.6. The van der Waals surface area contributed by atoms with Crippen molar-refractivity contribution in [2.24, 2.45) is 10.8 Å². The predicted molar refractivity (Wildman–Crippen MR) is 68.6 cm³/mol. The fraction of sp³-hybridized carbons (Fsp3) is 0.667. The van der Waals surface area contributed by atoms with Crippen molar-refractivity contribution < 1.29 is 9.90 Å². The first-order chi connectivity index (χ1) is 7.75. The van der Waals surface area contributed by atoms with E-state index in [2.05, 4.69) is 27.4 Å². The fourth-order valence-corrected chi connectivity index (χ4v) is 3.91. The number of ketones is 1. The van der Waals surface area contributed by atoms with Gasteiger partial charge in [-0.15, -0.1) is 6.58 Å². The van der Waals surface area contributed by atoms with Crippen molar-refractivity contribution in [2.45, 2.75) is 52.1 Å². The maximum Gasteiger partial charge on any atom is 0.156 e. The van der Waals surface area contributed by atoms with Crippen molar-refractivity contribution in [2.75, 3.05) is 0 Å². The van der Waals surface area contributed by atoms with Gasteiger partial charge in [0.1, 0.15) is 0 Å². The third kappa shape index (κ3) is 1.61. The van der Waals surface area contributed by atoms with Gasteiger partial charge in [0, 0.05) is 6.42 Å². The smallest absolute Gasteiger partial charge is 0.156 e. The molecule has 2 nitrogen and oxygen atoms in total. The molecule has 94 valence electrons. The Bertz CT molecular complexity index is 405. The van der Waals surface area contributed by atoms with Crippen LogP contribution in [0.25, 0.3) is 0 Å². The van der Waals surface area contributed by atoms with E-state index in [1.807, 2.05) is 6.08 Å². The van der Waals surface area contributed by atoms with Gasteiger partial charge < -0.3 is 5.11 Å². The van der Waals surface area contributed by atoms with Crippen LogP contribution in [0, 0.1) is 10.8 Å². The average Bonchev–Trinajstić information content (AvgIpc) is 2.54. The molecule has 0 radical (unpaired) electrons. The zero-order chi connectivity index (χ0) is 12.9. The quantitative estimate of drug-likeness (QED) is 0.762. The molecule has 1 N–H and O–H groups in total. The summed E-state index contributed by atoms with van der Waals surface area (Å²) >= 11 is 0. The van der Waals surface area contributed by atoms with Crippen LogP contribution in [0.15, 0.2) is 24.3 Å². The largest absolute Gasteiger partial charge is 0.385 e. The van der Waals surface area contributed by atoms with Gasteiger partial charge in [-0.2, -0.15) is 0 Å². The summed E-state index contributed by atoms with van der Waals surface area (Å²) in [6, 6.07) is 0. The Morgan fingerprint density at radius 3 is 2.71 bits per heavy atom. The normalized spacial score (nSPS) is 39.1. The number of carbonyl (C=O) groups is 1. The molecule has 2 rings (SSSR count). The summed E-state index contributed by atoms with van der Waals surface area (Å²) in [5.74, 6) is 0.162. The summed E-state index contributed by atoms with van der Waals surface area (Å²) in [5.41, 5.74) is -0.183. The minimum absolute atomic E-state index is 0.128. The van der Waals surface area contributed by atoms with Gasteiger partial charge in [-0.05, 0) is 41.7 Å². The van der Waals surface area contributed by atoms with E-state index in [9.17, 15) is 9.90 Å². The van der Waals surface area contributed by atoms with Crippen LogP contribution in [0.1, 0.15) is 46.5 Å². The standard InChI is InChI=1S/C15H22O2/c1-5-6-7-15(17)12-8-11(16)9-14(12,4)10-13(15,2)3/h5,8,17H,1,6-7,9-10H2,2-4H3/t14-,15-/m0/s1. The Morgan fingerprint density at radius 1 is 1.47 bits per heavy atom. The van der Waals surface area contributed by atoms with E-state index in [1.54, 1.807) is 6.08 Å². The lowest BCUT2D eigenvalue weighted by atomic mass is 9.73. The molecule has 0 amide bonds. The molecule has 0 aromatic carbocycles. The van der Waals surface area contributed by atoms with Crippen LogP contribution in [-0.4, -0.2) is 16.5 Å². The van der Waals surface area contributed by atoms with Crippen LogP contribution in [0.4, 0.5) is 0 Å². The van der Waals surface area contributed by atoms with Crippen LogP contribution in [0.2, 0.25) is 0 Å². The molecule has 17 heavy (non-hydrogen) atoms. The molecule has 0 spiro atoms. The van der Waals surface area contributed by atoms with E-state index in [0.717, 1.165) is 18.4 Å². The molecule has 0 heterocycles. The second-order valence-corrected chi connectivity index (χ2v) is 6.51. The van der Waals surface area contributed by atoms with E-state index in [4.69, 9.17) is 0 Å². The van der Waals surface area contributed by atoms with Crippen molar-refractivity contribution in [3.8, 4) is 0 Å². The highest BCUT2D eigenvalue weighted by atomic mass is 16.3. The maximum atomic E-state index is 11.6. The molecule has 2 aliphatic carbocycles. The lowest BCUT2D eigenvalue weighted by Crippen LogP contribution is -2.41. The Balaban J connectivity index is 2.44. The lowest BCUT2D eigenvalue weighted by Gasteiger charge is -2.37. The Morgan fingerprint density at radius 2 is 2.12 bits per heavy atom. The minimum Gasteiger partial charge on any atom is -0.385 e. The van der Waals surface area contributed by atoms with Crippen LogP contribution in [0.3, 0.4) is 0 Å². The third-order valence-corrected chi connectivity index (χ3v) is 4.63. The van der Waals surface area contributed by atoms with Crippen LogP contribution < -0.4 is 0 Å². The van der Waals surface area contributed by atoms with Gasteiger partial charge in [-0.3, -0.25) is 4.79 Å². The van der Waals surface area contributed by atoms with Gasteiger partial charge in [-0.1, -0.05) is 26.8 Å². The van der Waals surface area contributed by atoms with Crippen molar-refractivity contribution in [3.05, 3.63) is 24.3 Å². The van der Waals surface area contributed by atoms with E-state index in [0.29, 0.717) is 12.8 Å². The van der Waals surface area contributed by atoms with Crippen molar-refractivity contribution >= 4 is 5.78 Å². The third-order valence-electron chi connectivity index (χ3n) is 4.63. The molecule has 0 aromatic rings. The van der Waals surface area contributed by atoms with Crippen molar-refractivity contribution in [1.82, 2.24) is 0 Å². The topological polar surface area (TPSA) is 37.3 Å². The second-order valence-electron chi connectivity index (χ2n) is 6.51. The van der Waals surface area contributed by atoms with Gasteiger partial charge in [-0.25, -0.2) is 0 Å². The first-order valence-electron chi connectivity index (χ1n) is 6.34. The van der Waals surface area contributed by atoms with Gasteiger partial charge in [0.15, 0.2) is 5.78 Å².